The normalized spacial score (nSPS) is 17.6. The van der Waals surface area contributed by atoms with Gasteiger partial charge in [0, 0.05) is 0 Å². The van der Waals surface area contributed by atoms with Crippen LogP contribution in [0.5, 0.6) is 0 Å². The van der Waals surface area contributed by atoms with E-state index in [4.69, 9.17) is 0 Å². The summed E-state index contributed by atoms with van der Waals surface area (Å²) >= 11 is 0. The molecule has 1 saturated heterocycles. The molecule has 2 aromatic carbocycles. The molecule has 0 unspecified atom stereocenters. The summed E-state index contributed by atoms with van der Waals surface area (Å²) < 4.78 is 0. The molecule has 0 radical (unpaired) electrons. The van der Waals surface area contributed by atoms with Gasteiger partial charge in [0.2, 0.25) is 0 Å². The highest BCUT2D eigenvalue weighted by atomic mass is 35.5. The number of benzene rings is 2. The van der Waals surface area contributed by atoms with Crippen LogP contribution in [0, 0.1) is 0 Å². The van der Waals surface area contributed by atoms with Crippen molar-refractivity contribution in [3.05, 3.63) is 65.2 Å². The molecule has 2 aromatic rings. The fourth-order valence-electron chi connectivity index (χ4n) is 3.47. The van der Waals surface area contributed by atoms with E-state index in [0.29, 0.717) is 22.7 Å². The van der Waals surface area contributed by atoms with E-state index < -0.39 is 0 Å². The Morgan fingerprint density at radius 2 is 1.38 bits per heavy atom. The minimum absolute atomic E-state index is 0. The number of piperidine rings is 1. The van der Waals surface area contributed by atoms with Crippen LogP contribution in [0.3, 0.4) is 0 Å². The van der Waals surface area contributed by atoms with Crippen LogP contribution in [0.15, 0.2) is 48.5 Å². The van der Waals surface area contributed by atoms with Crippen LogP contribution in [0.25, 0.3) is 0 Å². The van der Waals surface area contributed by atoms with Gasteiger partial charge >= 0.3 is 0 Å². The summed E-state index contributed by atoms with van der Waals surface area (Å²) in [4.78, 5) is 26.3. The number of nitrogens with one attached hydrogen (secondary N) is 1. The van der Waals surface area contributed by atoms with Crippen LogP contribution in [-0.2, 0) is 0 Å². The van der Waals surface area contributed by atoms with Crippen molar-refractivity contribution in [1.82, 2.24) is 5.32 Å². The number of imide groups is 1. The van der Waals surface area contributed by atoms with Crippen molar-refractivity contribution in [3.63, 3.8) is 0 Å². The monoisotopic (exact) mass is 342 g/mol. The number of fused-ring (bicyclic) bond motifs is 1. The van der Waals surface area contributed by atoms with Gasteiger partial charge in [-0.25, -0.2) is 4.90 Å². The number of nitrogens with zero attached hydrogens (tertiary/aromatic N) is 1. The van der Waals surface area contributed by atoms with Gasteiger partial charge in [0.25, 0.3) is 11.8 Å². The van der Waals surface area contributed by atoms with E-state index >= 15 is 0 Å². The van der Waals surface area contributed by atoms with E-state index in [1.807, 2.05) is 12.1 Å². The Labute approximate surface area is 147 Å². The molecule has 1 N–H and O–H groups in total. The molecule has 124 valence electrons. The molecule has 5 heteroatoms. The van der Waals surface area contributed by atoms with Gasteiger partial charge in [-0.1, -0.05) is 24.3 Å². The molecule has 0 saturated carbocycles. The van der Waals surface area contributed by atoms with Crippen LogP contribution in [-0.4, -0.2) is 24.9 Å². The fraction of sp³-hybridized carbons (Fsp3) is 0.263. The van der Waals surface area contributed by atoms with E-state index in [0.717, 1.165) is 25.9 Å². The van der Waals surface area contributed by atoms with Gasteiger partial charge in [0.15, 0.2) is 0 Å². The topological polar surface area (TPSA) is 49.4 Å². The van der Waals surface area contributed by atoms with Crippen molar-refractivity contribution in [3.8, 4) is 0 Å². The standard InChI is InChI=1S/C19H18N2O2.ClH/c22-18-16-3-1-2-4-17(16)19(23)21(18)15-7-5-13(6-8-15)14-9-11-20-12-10-14;/h1-8,14,20H,9-12H2;1H. The Kier molecular flexibility index (Phi) is 4.69. The van der Waals surface area contributed by atoms with E-state index in [-0.39, 0.29) is 24.2 Å². The van der Waals surface area contributed by atoms with E-state index in [9.17, 15) is 9.59 Å². The number of amides is 2. The second-order valence-electron chi connectivity index (χ2n) is 6.11. The van der Waals surface area contributed by atoms with Crippen LogP contribution in [0.2, 0.25) is 0 Å². The number of hydrogen-bond acceptors (Lipinski definition) is 3. The summed E-state index contributed by atoms with van der Waals surface area (Å²) in [6.45, 7) is 2.09. The molecule has 2 heterocycles. The van der Waals surface area contributed by atoms with Crippen LogP contribution in [0.1, 0.15) is 45.0 Å². The summed E-state index contributed by atoms with van der Waals surface area (Å²) in [5, 5.41) is 3.36. The Bertz CT molecular complexity index is 732. The molecule has 0 aromatic heterocycles. The lowest BCUT2D eigenvalue weighted by Crippen LogP contribution is -2.29. The second kappa shape index (κ2) is 6.75. The van der Waals surface area contributed by atoms with Gasteiger partial charge in [-0.3, -0.25) is 9.59 Å². The summed E-state index contributed by atoms with van der Waals surface area (Å²) in [7, 11) is 0. The first-order valence-electron chi connectivity index (χ1n) is 8.04. The van der Waals surface area contributed by atoms with Gasteiger partial charge in [-0.2, -0.15) is 0 Å². The maximum Gasteiger partial charge on any atom is 0.266 e. The lowest BCUT2D eigenvalue weighted by atomic mass is 9.90. The first-order chi connectivity index (χ1) is 11.3. The van der Waals surface area contributed by atoms with E-state index in [1.54, 1.807) is 24.3 Å². The first kappa shape index (κ1) is 16.7. The summed E-state index contributed by atoms with van der Waals surface area (Å²) in [6.07, 6.45) is 2.26. The smallest absolute Gasteiger partial charge is 0.266 e. The van der Waals surface area contributed by atoms with Crippen molar-refractivity contribution in [1.29, 1.82) is 0 Å². The number of rotatable bonds is 2. The Morgan fingerprint density at radius 3 is 1.92 bits per heavy atom. The summed E-state index contributed by atoms with van der Waals surface area (Å²) in [5.41, 5.74) is 2.90. The summed E-state index contributed by atoms with van der Waals surface area (Å²) in [6, 6.07) is 14.9. The first-order valence-corrected chi connectivity index (χ1v) is 8.04. The zero-order valence-electron chi connectivity index (χ0n) is 13.2. The molecular weight excluding hydrogens is 324 g/mol. The highest BCUT2D eigenvalue weighted by molar-refractivity contribution is 6.34. The predicted octanol–water partition coefficient (Wildman–Crippen LogP) is 3.38. The van der Waals surface area contributed by atoms with Crippen LogP contribution >= 0.6 is 12.4 Å². The Balaban J connectivity index is 0.00000169. The zero-order chi connectivity index (χ0) is 15.8. The third-order valence-corrected chi connectivity index (χ3v) is 4.76. The average Bonchev–Trinajstić information content (AvgIpc) is 2.87. The molecular formula is C19H19ClN2O2. The van der Waals surface area contributed by atoms with Gasteiger partial charge in [0.05, 0.1) is 16.8 Å². The van der Waals surface area contributed by atoms with Gasteiger partial charge in [0.1, 0.15) is 0 Å². The highest BCUT2D eigenvalue weighted by Gasteiger charge is 2.36. The molecule has 0 aliphatic carbocycles. The van der Waals surface area contributed by atoms with Gasteiger partial charge in [-0.05, 0) is 61.7 Å². The minimum Gasteiger partial charge on any atom is -0.317 e. The van der Waals surface area contributed by atoms with E-state index in [2.05, 4.69) is 17.4 Å². The third kappa shape index (κ3) is 2.72. The molecule has 4 nitrogen and oxygen atoms in total. The maximum atomic E-state index is 12.5. The second-order valence-corrected chi connectivity index (χ2v) is 6.11. The molecule has 2 aliphatic heterocycles. The third-order valence-electron chi connectivity index (χ3n) is 4.76. The quantitative estimate of drug-likeness (QED) is 0.851. The molecule has 1 fully saturated rings. The van der Waals surface area contributed by atoms with Gasteiger partial charge < -0.3 is 5.32 Å². The lowest BCUT2D eigenvalue weighted by molar-refractivity contribution is 0.0926. The molecule has 0 spiro atoms. The molecule has 2 aliphatic rings. The van der Waals surface area contributed by atoms with Crippen LogP contribution < -0.4 is 10.2 Å². The van der Waals surface area contributed by atoms with Crippen molar-refractivity contribution in [2.24, 2.45) is 0 Å². The summed E-state index contributed by atoms with van der Waals surface area (Å²) in [5.74, 6) is 0.0907. The maximum absolute atomic E-state index is 12.5. The predicted molar refractivity (Wildman–Crippen MR) is 96.1 cm³/mol. The molecule has 24 heavy (non-hydrogen) atoms. The van der Waals surface area contributed by atoms with Crippen molar-refractivity contribution >= 4 is 29.9 Å². The molecule has 4 rings (SSSR count). The molecule has 0 bridgehead atoms. The lowest BCUT2D eigenvalue weighted by Gasteiger charge is -2.23. The molecule has 2 amide bonds. The fourth-order valence-corrected chi connectivity index (χ4v) is 3.47. The average molecular weight is 343 g/mol. The Morgan fingerprint density at radius 1 is 0.833 bits per heavy atom. The van der Waals surface area contributed by atoms with Crippen LogP contribution in [0.4, 0.5) is 5.69 Å². The number of anilines is 1. The zero-order valence-corrected chi connectivity index (χ0v) is 14.0. The van der Waals surface area contributed by atoms with Crippen molar-refractivity contribution in [2.75, 3.05) is 18.0 Å². The van der Waals surface area contributed by atoms with E-state index in [1.165, 1.54) is 10.5 Å². The van der Waals surface area contributed by atoms with Gasteiger partial charge in [-0.15, -0.1) is 12.4 Å². The van der Waals surface area contributed by atoms with Crippen molar-refractivity contribution < 1.29 is 9.59 Å². The van der Waals surface area contributed by atoms with Crippen molar-refractivity contribution in [2.45, 2.75) is 18.8 Å². The highest BCUT2D eigenvalue weighted by Crippen LogP contribution is 2.31. The Hall–Kier alpha value is -2.17. The number of carbonyl (C=O) groups excluding carboxylic acids is 2. The number of carbonyl (C=O) groups is 2. The minimum atomic E-state index is -0.236. The number of hydrogen-bond donors (Lipinski definition) is 1. The largest absolute Gasteiger partial charge is 0.317 e. The SMILES string of the molecule is Cl.O=C1c2ccccc2C(=O)N1c1ccc(C2CCNCC2)cc1. The molecule has 0 atom stereocenters. The number of halogens is 1.